The Kier molecular flexibility index (Phi) is 10.4. The topological polar surface area (TPSA) is 57.6 Å². The van der Waals surface area contributed by atoms with Crippen LogP contribution in [-0.2, 0) is 0 Å². The molecule has 8 heteroatoms. The third kappa shape index (κ3) is 5.78. The summed E-state index contributed by atoms with van der Waals surface area (Å²) in [6.07, 6.45) is 4.38. The van der Waals surface area contributed by atoms with Gasteiger partial charge in [-0.15, -0.1) is 24.8 Å². The van der Waals surface area contributed by atoms with E-state index in [4.69, 9.17) is 0 Å². The summed E-state index contributed by atoms with van der Waals surface area (Å²) >= 11 is 0. The number of para-hydroxylation sites is 1. The molecule has 2 atom stereocenters. The molecular weight excluding hydrogens is 471 g/mol. The maximum atomic E-state index is 13.2. The Morgan fingerprint density at radius 3 is 2.29 bits per heavy atom. The highest BCUT2D eigenvalue weighted by atomic mass is 35.5. The molecule has 1 amide bonds. The lowest BCUT2D eigenvalue weighted by atomic mass is 9.96. The Bertz CT molecular complexity index is 1010. The number of benzene rings is 1. The van der Waals surface area contributed by atoms with Gasteiger partial charge in [-0.05, 0) is 70.1 Å². The molecule has 0 radical (unpaired) electrons. The van der Waals surface area contributed by atoms with Crippen LogP contribution in [0.5, 0.6) is 0 Å². The first-order chi connectivity index (χ1) is 15.4. The van der Waals surface area contributed by atoms with Gasteiger partial charge in [-0.2, -0.15) is 0 Å². The second kappa shape index (κ2) is 12.4. The van der Waals surface area contributed by atoms with Crippen molar-refractivity contribution in [3.63, 3.8) is 0 Å². The third-order valence-corrected chi connectivity index (χ3v) is 7.49. The van der Waals surface area contributed by atoms with Gasteiger partial charge in [0.25, 0.3) is 11.5 Å². The average molecular weight is 512 g/mol. The van der Waals surface area contributed by atoms with Crippen LogP contribution < -0.4 is 10.9 Å². The van der Waals surface area contributed by atoms with E-state index in [1.165, 1.54) is 12.8 Å². The van der Waals surface area contributed by atoms with Crippen molar-refractivity contribution in [2.45, 2.75) is 77.5 Å². The van der Waals surface area contributed by atoms with Gasteiger partial charge in [-0.1, -0.05) is 32.0 Å². The quantitative estimate of drug-likeness (QED) is 0.568. The minimum atomic E-state index is -0.226. The van der Waals surface area contributed by atoms with E-state index in [1.807, 2.05) is 38.1 Å². The van der Waals surface area contributed by atoms with E-state index in [0.29, 0.717) is 12.1 Å². The molecule has 6 nitrogen and oxygen atoms in total. The largest absolute Gasteiger partial charge is 0.349 e. The fourth-order valence-electron chi connectivity index (χ4n) is 5.78. The molecule has 2 aromatic rings. The lowest BCUT2D eigenvalue weighted by molar-refractivity contribution is 0.0813. The van der Waals surface area contributed by atoms with Crippen molar-refractivity contribution in [3.8, 4) is 0 Å². The summed E-state index contributed by atoms with van der Waals surface area (Å²) in [6, 6.07) is 10.8. The highest BCUT2D eigenvalue weighted by Gasteiger charge is 2.41. The Balaban J connectivity index is 0.00000204. The number of amides is 1. The minimum Gasteiger partial charge on any atom is -0.349 e. The molecule has 1 aromatic heterocycles. The number of aromatic nitrogens is 1. The van der Waals surface area contributed by atoms with Crippen molar-refractivity contribution in [3.05, 3.63) is 46.2 Å². The van der Waals surface area contributed by atoms with Crippen LogP contribution in [0, 0.1) is 0 Å². The van der Waals surface area contributed by atoms with Gasteiger partial charge >= 0.3 is 0 Å². The van der Waals surface area contributed by atoms with E-state index < -0.39 is 0 Å². The predicted molar refractivity (Wildman–Crippen MR) is 145 cm³/mol. The van der Waals surface area contributed by atoms with Gasteiger partial charge in [-0.25, -0.2) is 0 Å². The number of halogens is 2. The minimum absolute atomic E-state index is 0. The molecule has 1 N–H and O–H groups in total. The maximum absolute atomic E-state index is 13.2. The molecule has 0 aliphatic carbocycles. The van der Waals surface area contributed by atoms with E-state index in [9.17, 15) is 9.59 Å². The SMILES string of the molecule is CCN(CC)CCN1C2CCC1CC(NC(=O)c1cc3ccccc3n(C(C)C)c1=O)C2.Cl.Cl. The summed E-state index contributed by atoms with van der Waals surface area (Å²) in [5.41, 5.74) is 0.938. The van der Waals surface area contributed by atoms with Crippen LogP contribution in [0.25, 0.3) is 10.9 Å². The van der Waals surface area contributed by atoms with Crippen LogP contribution in [0.4, 0.5) is 0 Å². The zero-order valence-electron chi connectivity index (χ0n) is 20.8. The summed E-state index contributed by atoms with van der Waals surface area (Å²) in [7, 11) is 0. The van der Waals surface area contributed by atoms with Gasteiger partial charge < -0.3 is 14.8 Å². The first kappa shape index (κ1) is 28.6. The molecule has 0 saturated carbocycles. The van der Waals surface area contributed by atoms with Crippen LogP contribution in [0.2, 0.25) is 0 Å². The molecule has 190 valence electrons. The van der Waals surface area contributed by atoms with Crippen molar-refractivity contribution in [1.29, 1.82) is 0 Å². The van der Waals surface area contributed by atoms with Gasteiger partial charge in [0.1, 0.15) is 5.56 Å². The Morgan fingerprint density at radius 1 is 1.09 bits per heavy atom. The van der Waals surface area contributed by atoms with Gasteiger partial charge in [0, 0.05) is 37.3 Å². The van der Waals surface area contributed by atoms with E-state index in [0.717, 1.165) is 49.9 Å². The van der Waals surface area contributed by atoms with Crippen LogP contribution >= 0.6 is 24.8 Å². The highest BCUT2D eigenvalue weighted by Crippen LogP contribution is 2.35. The zero-order chi connectivity index (χ0) is 22.8. The normalized spacial score (nSPS) is 22.0. The summed E-state index contributed by atoms with van der Waals surface area (Å²) in [5, 5.41) is 4.15. The second-order valence-corrected chi connectivity index (χ2v) is 9.68. The number of fused-ring (bicyclic) bond motifs is 3. The maximum Gasteiger partial charge on any atom is 0.264 e. The fraction of sp³-hybridized carbons (Fsp3) is 0.615. The summed E-state index contributed by atoms with van der Waals surface area (Å²) < 4.78 is 1.74. The lowest BCUT2D eigenvalue weighted by Crippen LogP contribution is -2.52. The molecule has 2 saturated heterocycles. The van der Waals surface area contributed by atoms with Crippen LogP contribution in [-0.4, -0.2) is 64.6 Å². The molecule has 2 aliphatic heterocycles. The molecule has 2 aliphatic rings. The molecule has 4 rings (SSSR count). The zero-order valence-corrected chi connectivity index (χ0v) is 22.5. The number of hydrogen-bond donors (Lipinski definition) is 1. The smallest absolute Gasteiger partial charge is 0.264 e. The molecular formula is C26H40Cl2N4O2. The number of likely N-dealkylation sites (N-methyl/N-ethyl adjacent to an activating group) is 1. The van der Waals surface area contributed by atoms with Crippen LogP contribution in [0.3, 0.4) is 0 Å². The molecule has 2 unspecified atom stereocenters. The summed E-state index contributed by atoms with van der Waals surface area (Å²) in [5.74, 6) is -0.226. The summed E-state index contributed by atoms with van der Waals surface area (Å²) in [4.78, 5) is 31.6. The van der Waals surface area contributed by atoms with Crippen molar-refractivity contribution in [2.75, 3.05) is 26.2 Å². The number of hydrogen-bond acceptors (Lipinski definition) is 4. The Labute approximate surface area is 215 Å². The number of carbonyl (C=O) groups is 1. The van der Waals surface area contributed by atoms with Crippen molar-refractivity contribution in [2.24, 2.45) is 0 Å². The molecule has 3 heterocycles. The van der Waals surface area contributed by atoms with Crippen LogP contribution in [0.1, 0.15) is 69.8 Å². The van der Waals surface area contributed by atoms with E-state index in [1.54, 1.807) is 10.6 Å². The van der Waals surface area contributed by atoms with Gasteiger partial charge in [0.15, 0.2) is 0 Å². The monoisotopic (exact) mass is 510 g/mol. The van der Waals surface area contributed by atoms with Crippen molar-refractivity contribution >= 4 is 41.6 Å². The molecule has 2 fully saturated rings. The summed E-state index contributed by atoms with van der Waals surface area (Å²) in [6.45, 7) is 12.8. The van der Waals surface area contributed by atoms with Gasteiger partial charge in [0.2, 0.25) is 0 Å². The van der Waals surface area contributed by atoms with Gasteiger partial charge in [0.05, 0.1) is 5.52 Å². The number of carbonyl (C=O) groups excluding carboxylic acids is 1. The van der Waals surface area contributed by atoms with Crippen molar-refractivity contribution < 1.29 is 4.79 Å². The highest BCUT2D eigenvalue weighted by molar-refractivity contribution is 5.97. The Morgan fingerprint density at radius 2 is 1.71 bits per heavy atom. The number of pyridine rings is 1. The van der Waals surface area contributed by atoms with Crippen LogP contribution in [0.15, 0.2) is 35.1 Å². The van der Waals surface area contributed by atoms with E-state index >= 15 is 0 Å². The fourth-order valence-corrected chi connectivity index (χ4v) is 5.78. The second-order valence-electron chi connectivity index (χ2n) is 9.68. The lowest BCUT2D eigenvalue weighted by Gasteiger charge is -2.40. The molecule has 1 aromatic carbocycles. The standard InChI is InChI=1S/C26H38N4O2.2ClH/c1-5-28(6-2)13-14-29-21-11-12-22(29)17-20(16-21)27-25(31)23-15-19-9-7-8-10-24(19)30(18(3)4)26(23)32;;/h7-10,15,18,20-22H,5-6,11-14,16-17H2,1-4H3,(H,27,31);2*1H. The van der Waals surface area contributed by atoms with Crippen molar-refractivity contribution in [1.82, 2.24) is 19.7 Å². The number of nitrogens with zero attached hydrogens (tertiary/aromatic N) is 3. The number of piperidine rings is 1. The first-order valence-corrected chi connectivity index (χ1v) is 12.4. The molecule has 0 spiro atoms. The number of nitrogens with one attached hydrogen (secondary N) is 1. The first-order valence-electron chi connectivity index (χ1n) is 12.4. The Hall–Kier alpha value is -1.60. The molecule has 2 bridgehead atoms. The van der Waals surface area contributed by atoms with E-state index in [2.05, 4.69) is 29.0 Å². The average Bonchev–Trinajstić information content (AvgIpc) is 3.01. The predicted octanol–water partition coefficient (Wildman–Crippen LogP) is 4.49. The van der Waals surface area contributed by atoms with Gasteiger partial charge in [-0.3, -0.25) is 14.5 Å². The number of rotatable bonds is 8. The molecule has 34 heavy (non-hydrogen) atoms. The third-order valence-electron chi connectivity index (χ3n) is 7.49. The van der Waals surface area contributed by atoms with E-state index in [-0.39, 0.29) is 53.9 Å².